The van der Waals surface area contributed by atoms with Crippen LogP contribution in [-0.2, 0) is 4.79 Å². The average Bonchev–Trinajstić information content (AvgIpc) is 2.38. The minimum atomic E-state index is -0.874. The third-order valence-corrected chi connectivity index (χ3v) is 2.93. The lowest BCUT2D eigenvalue weighted by molar-refractivity contribution is -0.137. The van der Waals surface area contributed by atoms with E-state index in [1.54, 1.807) is 25.2 Å². The van der Waals surface area contributed by atoms with Gasteiger partial charge in [-0.25, -0.2) is 4.79 Å². The molecular formula is C13H17ClN2O4. The molecule has 0 saturated heterocycles. The van der Waals surface area contributed by atoms with Crippen LogP contribution in [0.1, 0.15) is 12.8 Å². The number of carbonyl (C=O) groups is 2. The first kappa shape index (κ1) is 16.1. The summed E-state index contributed by atoms with van der Waals surface area (Å²) in [5.41, 5.74) is 0.547. The number of nitrogens with zero attached hydrogens (tertiary/aromatic N) is 1. The van der Waals surface area contributed by atoms with Crippen LogP contribution in [0, 0.1) is 0 Å². The van der Waals surface area contributed by atoms with E-state index in [-0.39, 0.29) is 12.5 Å². The second-order valence-corrected chi connectivity index (χ2v) is 4.61. The number of hydrogen-bond donors (Lipinski definition) is 2. The number of benzene rings is 1. The number of methoxy groups -OCH3 is 1. The lowest BCUT2D eigenvalue weighted by atomic mass is 10.3. The van der Waals surface area contributed by atoms with Crippen molar-refractivity contribution in [2.24, 2.45) is 0 Å². The molecule has 0 aromatic heterocycles. The molecule has 0 atom stereocenters. The number of halogens is 1. The van der Waals surface area contributed by atoms with Crippen molar-refractivity contribution in [2.45, 2.75) is 12.8 Å². The first-order valence-electron chi connectivity index (χ1n) is 6.01. The minimum Gasteiger partial charge on any atom is -0.495 e. The van der Waals surface area contributed by atoms with Crippen molar-refractivity contribution < 1.29 is 19.4 Å². The fraction of sp³-hybridized carbons (Fsp3) is 0.385. The Morgan fingerprint density at radius 1 is 1.45 bits per heavy atom. The number of hydrogen-bond acceptors (Lipinski definition) is 3. The summed E-state index contributed by atoms with van der Waals surface area (Å²) in [6.45, 7) is 0.363. The summed E-state index contributed by atoms with van der Waals surface area (Å²) >= 11 is 5.96. The van der Waals surface area contributed by atoms with Gasteiger partial charge < -0.3 is 20.1 Å². The molecule has 110 valence electrons. The number of aliphatic carboxylic acids is 1. The zero-order valence-corrected chi connectivity index (χ0v) is 12.1. The van der Waals surface area contributed by atoms with Gasteiger partial charge in [0.15, 0.2) is 0 Å². The first-order valence-corrected chi connectivity index (χ1v) is 6.39. The molecule has 0 aliphatic rings. The van der Waals surface area contributed by atoms with Gasteiger partial charge >= 0.3 is 12.0 Å². The van der Waals surface area contributed by atoms with E-state index < -0.39 is 5.97 Å². The number of carbonyl (C=O) groups excluding carboxylic acids is 1. The van der Waals surface area contributed by atoms with Crippen molar-refractivity contribution in [3.8, 4) is 5.75 Å². The largest absolute Gasteiger partial charge is 0.495 e. The Morgan fingerprint density at radius 2 is 2.15 bits per heavy atom. The summed E-state index contributed by atoms with van der Waals surface area (Å²) in [5, 5.41) is 11.6. The Labute approximate surface area is 122 Å². The highest BCUT2D eigenvalue weighted by Gasteiger charge is 2.10. The van der Waals surface area contributed by atoms with Gasteiger partial charge in [-0.05, 0) is 24.6 Å². The fourth-order valence-electron chi connectivity index (χ4n) is 1.53. The van der Waals surface area contributed by atoms with E-state index in [0.717, 1.165) is 0 Å². The highest BCUT2D eigenvalue weighted by atomic mass is 35.5. The van der Waals surface area contributed by atoms with E-state index >= 15 is 0 Å². The second-order valence-electron chi connectivity index (χ2n) is 4.20. The number of urea groups is 1. The van der Waals surface area contributed by atoms with Gasteiger partial charge in [0.1, 0.15) is 5.75 Å². The topological polar surface area (TPSA) is 78.9 Å². The molecule has 7 heteroatoms. The van der Waals surface area contributed by atoms with Crippen LogP contribution in [0.5, 0.6) is 5.75 Å². The summed E-state index contributed by atoms with van der Waals surface area (Å²) in [4.78, 5) is 23.7. The molecule has 0 heterocycles. The van der Waals surface area contributed by atoms with Crippen molar-refractivity contribution in [2.75, 3.05) is 26.0 Å². The average molecular weight is 301 g/mol. The predicted molar refractivity (Wildman–Crippen MR) is 76.5 cm³/mol. The number of amides is 2. The smallest absolute Gasteiger partial charge is 0.321 e. The molecule has 0 radical (unpaired) electrons. The lowest BCUT2D eigenvalue weighted by Crippen LogP contribution is -2.32. The normalized spacial score (nSPS) is 9.95. The summed E-state index contributed by atoms with van der Waals surface area (Å²) in [6, 6.07) is 4.59. The molecule has 0 fully saturated rings. The summed E-state index contributed by atoms with van der Waals surface area (Å²) in [7, 11) is 3.11. The van der Waals surface area contributed by atoms with Crippen LogP contribution in [-0.4, -0.2) is 42.7 Å². The highest BCUT2D eigenvalue weighted by Crippen LogP contribution is 2.27. The van der Waals surface area contributed by atoms with Crippen molar-refractivity contribution in [3.05, 3.63) is 23.2 Å². The molecule has 2 amide bonds. The first-order chi connectivity index (χ1) is 9.43. The number of anilines is 1. The number of nitrogens with one attached hydrogen (secondary N) is 1. The van der Waals surface area contributed by atoms with Gasteiger partial charge in [0.05, 0.1) is 12.1 Å². The van der Waals surface area contributed by atoms with E-state index in [2.05, 4.69) is 5.32 Å². The van der Waals surface area contributed by atoms with Crippen LogP contribution in [0.15, 0.2) is 18.2 Å². The molecule has 6 nitrogen and oxygen atoms in total. The van der Waals surface area contributed by atoms with Crippen LogP contribution < -0.4 is 10.1 Å². The zero-order chi connectivity index (χ0) is 15.1. The summed E-state index contributed by atoms with van der Waals surface area (Å²) < 4.78 is 5.02. The Morgan fingerprint density at radius 3 is 2.70 bits per heavy atom. The Bertz CT molecular complexity index is 493. The number of carboxylic acid groups (broad SMARTS) is 1. The second kappa shape index (κ2) is 7.59. The predicted octanol–water partition coefficient (Wildman–Crippen LogP) is 2.68. The van der Waals surface area contributed by atoms with Gasteiger partial charge in [0.2, 0.25) is 0 Å². The molecule has 1 aromatic carbocycles. The van der Waals surface area contributed by atoms with Crippen LogP contribution in [0.4, 0.5) is 10.5 Å². The molecule has 0 aliphatic heterocycles. The third-order valence-electron chi connectivity index (χ3n) is 2.63. The van der Waals surface area contributed by atoms with E-state index in [0.29, 0.717) is 29.4 Å². The van der Waals surface area contributed by atoms with E-state index in [1.165, 1.54) is 12.0 Å². The maximum absolute atomic E-state index is 11.8. The Balaban J connectivity index is 2.52. The quantitative estimate of drug-likeness (QED) is 0.846. The van der Waals surface area contributed by atoms with Crippen LogP contribution in [0.2, 0.25) is 5.02 Å². The van der Waals surface area contributed by atoms with Crippen molar-refractivity contribution in [1.29, 1.82) is 0 Å². The molecule has 2 N–H and O–H groups in total. The summed E-state index contributed by atoms with van der Waals surface area (Å²) in [6.07, 6.45) is 0.439. The van der Waals surface area contributed by atoms with Crippen molar-refractivity contribution >= 4 is 29.3 Å². The highest BCUT2D eigenvalue weighted by molar-refractivity contribution is 6.32. The third kappa shape index (κ3) is 4.97. The molecule has 1 rings (SSSR count). The van der Waals surface area contributed by atoms with Crippen LogP contribution in [0.3, 0.4) is 0 Å². The van der Waals surface area contributed by atoms with E-state index in [4.69, 9.17) is 21.4 Å². The molecule has 1 aromatic rings. The monoisotopic (exact) mass is 300 g/mol. The molecule has 0 saturated carbocycles. The van der Waals surface area contributed by atoms with Gasteiger partial charge in [-0.15, -0.1) is 0 Å². The molecule has 0 aliphatic carbocycles. The van der Waals surface area contributed by atoms with E-state index in [9.17, 15) is 9.59 Å². The summed E-state index contributed by atoms with van der Waals surface area (Å²) in [5.74, 6) is -0.347. The zero-order valence-electron chi connectivity index (χ0n) is 11.4. The maximum Gasteiger partial charge on any atom is 0.321 e. The SMILES string of the molecule is COc1ccc(NC(=O)N(C)CCCC(=O)O)cc1Cl. The minimum absolute atomic E-state index is 0.0337. The molecule has 0 unspecified atom stereocenters. The molecule has 20 heavy (non-hydrogen) atoms. The number of carboxylic acids is 1. The van der Waals surface area contributed by atoms with Gasteiger partial charge in [-0.1, -0.05) is 11.6 Å². The van der Waals surface area contributed by atoms with Gasteiger partial charge in [-0.2, -0.15) is 0 Å². The Hall–Kier alpha value is -1.95. The lowest BCUT2D eigenvalue weighted by Gasteiger charge is -2.17. The van der Waals surface area contributed by atoms with Crippen LogP contribution in [0.25, 0.3) is 0 Å². The maximum atomic E-state index is 11.8. The van der Waals surface area contributed by atoms with Crippen LogP contribution >= 0.6 is 11.6 Å². The van der Waals surface area contributed by atoms with Crippen molar-refractivity contribution in [1.82, 2.24) is 4.90 Å². The fourth-order valence-corrected chi connectivity index (χ4v) is 1.79. The number of rotatable bonds is 6. The number of ether oxygens (including phenoxy) is 1. The van der Waals surface area contributed by atoms with Gasteiger partial charge in [-0.3, -0.25) is 4.79 Å². The van der Waals surface area contributed by atoms with Crippen molar-refractivity contribution in [3.63, 3.8) is 0 Å². The molecular weight excluding hydrogens is 284 g/mol. The Kier molecular flexibility index (Phi) is 6.11. The van der Waals surface area contributed by atoms with E-state index in [1.807, 2.05) is 0 Å². The van der Waals surface area contributed by atoms with Gasteiger partial charge in [0.25, 0.3) is 0 Å². The van der Waals surface area contributed by atoms with Gasteiger partial charge in [0, 0.05) is 25.7 Å². The molecule has 0 spiro atoms. The molecule has 0 bridgehead atoms. The standard InChI is InChI=1S/C13H17ClN2O4/c1-16(7-3-4-12(17)18)13(19)15-9-5-6-11(20-2)10(14)8-9/h5-6,8H,3-4,7H2,1-2H3,(H,15,19)(H,17,18).